The summed E-state index contributed by atoms with van der Waals surface area (Å²) in [6.45, 7) is 1.75. The van der Waals surface area contributed by atoms with E-state index in [2.05, 4.69) is 20.7 Å². The number of fused-ring (bicyclic) bond motifs is 1. The van der Waals surface area contributed by atoms with E-state index >= 15 is 0 Å². The Bertz CT molecular complexity index is 616. The number of esters is 2. The van der Waals surface area contributed by atoms with Crippen LogP contribution in [-0.2, 0) is 30.3 Å². The average Bonchev–Trinajstić information content (AvgIpc) is 2.83. The quantitative estimate of drug-likeness (QED) is 0.600. The maximum absolute atomic E-state index is 12.4. The van der Waals surface area contributed by atoms with Crippen LogP contribution in [0.25, 0.3) is 0 Å². The Kier molecular flexibility index (Phi) is 5.18. The Labute approximate surface area is 136 Å². The minimum absolute atomic E-state index is 0.0218. The topological polar surface area (TPSA) is 72.9 Å². The van der Waals surface area contributed by atoms with Crippen LogP contribution < -0.4 is 4.90 Å². The molecule has 6 nitrogen and oxygen atoms in total. The van der Waals surface area contributed by atoms with Crippen molar-refractivity contribution in [1.29, 1.82) is 0 Å². The fourth-order valence-corrected chi connectivity index (χ4v) is 2.91. The van der Waals surface area contributed by atoms with Crippen LogP contribution in [0.5, 0.6) is 0 Å². The third-order valence-electron chi connectivity index (χ3n) is 3.42. The van der Waals surface area contributed by atoms with Crippen molar-refractivity contribution in [2.75, 3.05) is 18.6 Å². The van der Waals surface area contributed by atoms with Gasteiger partial charge in [0, 0.05) is 10.2 Å². The van der Waals surface area contributed by atoms with Crippen molar-refractivity contribution in [1.82, 2.24) is 0 Å². The minimum atomic E-state index is -0.923. The van der Waals surface area contributed by atoms with Gasteiger partial charge in [-0.15, -0.1) is 0 Å². The van der Waals surface area contributed by atoms with E-state index in [-0.39, 0.29) is 13.0 Å². The van der Waals surface area contributed by atoms with E-state index in [0.29, 0.717) is 12.1 Å². The lowest BCUT2D eigenvalue weighted by Crippen LogP contribution is -2.43. The van der Waals surface area contributed by atoms with Crippen LogP contribution in [0.4, 0.5) is 5.69 Å². The molecule has 0 spiro atoms. The van der Waals surface area contributed by atoms with Gasteiger partial charge in [0.1, 0.15) is 0 Å². The molecule has 1 atom stereocenters. The Morgan fingerprint density at radius 2 is 2.09 bits per heavy atom. The maximum atomic E-state index is 12.4. The molecule has 1 unspecified atom stereocenters. The van der Waals surface area contributed by atoms with Crippen LogP contribution in [0, 0.1) is 0 Å². The third-order valence-corrected chi connectivity index (χ3v) is 3.91. The number of hydrogen-bond donors (Lipinski definition) is 0. The van der Waals surface area contributed by atoms with Crippen LogP contribution in [0.2, 0.25) is 0 Å². The van der Waals surface area contributed by atoms with Gasteiger partial charge in [-0.05, 0) is 37.1 Å². The molecule has 1 heterocycles. The number of halogens is 1. The molecule has 118 valence electrons. The van der Waals surface area contributed by atoms with Crippen LogP contribution in [0.15, 0.2) is 22.7 Å². The number of carbonyl (C=O) groups excluding carboxylic acids is 3. The predicted octanol–water partition coefficient (Wildman–Crippen LogP) is 1.83. The summed E-state index contributed by atoms with van der Waals surface area (Å²) in [5, 5.41) is 0. The second kappa shape index (κ2) is 6.91. The van der Waals surface area contributed by atoms with Crippen molar-refractivity contribution in [3.8, 4) is 0 Å². The molecular weight excluding hydrogens is 354 g/mol. The highest BCUT2D eigenvalue weighted by Crippen LogP contribution is 2.35. The average molecular weight is 370 g/mol. The molecule has 1 aliphatic rings. The fourth-order valence-electron chi connectivity index (χ4n) is 2.50. The fraction of sp³-hybridized carbons (Fsp3) is 0.400. The summed E-state index contributed by atoms with van der Waals surface area (Å²) >= 11 is 3.37. The summed E-state index contributed by atoms with van der Waals surface area (Å²) in [6.07, 6.45) is 0.503. The molecule has 1 aromatic carbocycles. The van der Waals surface area contributed by atoms with Gasteiger partial charge in [0.05, 0.1) is 26.2 Å². The van der Waals surface area contributed by atoms with Gasteiger partial charge < -0.3 is 9.47 Å². The number of nitrogens with zero attached hydrogens (tertiary/aromatic N) is 1. The van der Waals surface area contributed by atoms with Crippen LogP contribution >= 0.6 is 15.9 Å². The SMILES string of the molecule is CCOC(=O)C(=O)N1c2ccc(Br)cc2CC1CC(=O)OC. The van der Waals surface area contributed by atoms with Crippen molar-refractivity contribution >= 4 is 39.5 Å². The van der Waals surface area contributed by atoms with Crippen molar-refractivity contribution in [3.05, 3.63) is 28.2 Å². The summed E-state index contributed by atoms with van der Waals surface area (Å²) in [6, 6.07) is 4.95. The third kappa shape index (κ3) is 3.30. The predicted molar refractivity (Wildman–Crippen MR) is 82.4 cm³/mol. The molecule has 0 fully saturated rings. The molecule has 0 saturated carbocycles. The molecule has 1 aliphatic heterocycles. The van der Waals surface area contributed by atoms with Crippen LogP contribution in [0.1, 0.15) is 18.9 Å². The first-order chi connectivity index (χ1) is 10.5. The summed E-state index contributed by atoms with van der Waals surface area (Å²) in [5.74, 6) is -2.12. The number of benzene rings is 1. The summed E-state index contributed by atoms with van der Waals surface area (Å²) < 4.78 is 10.3. The minimum Gasteiger partial charge on any atom is -0.469 e. The van der Waals surface area contributed by atoms with Crippen molar-refractivity contribution in [2.45, 2.75) is 25.8 Å². The molecule has 0 bridgehead atoms. The zero-order valence-corrected chi connectivity index (χ0v) is 13.9. The number of rotatable bonds is 3. The zero-order valence-electron chi connectivity index (χ0n) is 12.3. The Morgan fingerprint density at radius 3 is 2.73 bits per heavy atom. The van der Waals surface area contributed by atoms with Crippen molar-refractivity contribution < 1.29 is 23.9 Å². The first kappa shape index (κ1) is 16.5. The lowest BCUT2D eigenvalue weighted by atomic mass is 10.1. The van der Waals surface area contributed by atoms with E-state index in [0.717, 1.165) is 10.0 Å². The standard InChI is InChI=1S/C15H16BrNO5/c1-3-22-15(20)14(19)17-11(8-13(18)21-2)7-9-6-10(16)4-5-12(9)17/h4-6,11H,3,7-8H2,1-2H3. The highest BCUT2D eigenvalue weighted by molar-refractivity contribution is 9.10. The number of hydrogen-bond acceptors (Lipinski definition) is 5. The Balaban J connectivity index is 2.33. The second-order valence-corrected chi connectivity index (χ2v) is 5.72. The molecule has 0 radical (unpaired) electrons. The van der Waals surface area contributed by atoms with Crippen LogP contribution in [0.3, 0.4) is 0 Å². The molecule has 7 heteroatoms. The molecule has 1 amide bonds. The lowest BCUT2D eigenvalue weighted by molar-refractivity contribution is -0.153. The van der Waals surface area contributed by atoms with Gasteiger partial charge in [-0.1, -0.05) is 15.9 Å². The molecule has 0 N–H and O–H groups in total. The van der Waals surface area contributed by atoms with Gasteiger partial charge in [-0.25, -0.2) is 4.79 Å². The molecule has 1 aromatic rings. The summed E-state index contributed by atoms with van der Waals surface area (Å²) in [7, 11) is 1.29. The first-order valence-corrected chi connectivity index (χ1v) is 7.62. The number of ether oxygens (including phenoxy) is 2. The zero-order chi connectivity index (χ0) is 16.3. The number of carbonyl (C=O) groups is 3. The molecule has 0 aliphatic carbocycles. The molecular formula is C15H16BrNO5. The first-order valence-electron chi connectivity index (χ1n) is 6.83. The van der Waals surface area contributed by atoms with E-state index in [1.165, 1.54) is 12.0 Å². The molecule has 22 heavy (non-hydrogen) atoms. The Hall–Kier alpha value is -1.89. The van der Waals surface area contributed by atoms with Gasteiger partial charge in [0.15, 0.2) is 0 Å². The Morgan fingerprint density at radius 1 is 1.36 bits per heavy atom. The van der Waals surface area contributed by atoms with Gasteiger partial charge in [-0.2, -0.15) is 0 Å². The van der Waals surface area contributed by atoms with Crippen molar-refractivity contribution in [3.63, 3.8) is 0 Å². The van der Waals surface area contributed by atoms with E-state index in [9.17, 15) is 14.4 Å². The smallest absolute Gasteiger partial charge is 0.397 e. The maximum Gasteiger partial charge on any atom is 0.397 e. The molecule has 2 rings (SSSR count). The van der Waals surface area contributed by atoms with E-state index in [1.807, 2.05) is 6.07 Å². The van der Waals surface area contributed by atoms with Crippen molar-refractivity contribution in [2.24, 2.45) is 0 Å². The van der Waals surface area contributed by atoms with E-state index in [1.54, 1.807) is 19.1 Å². The highest BCUT2D eigenvalue weighted by atomic mass is 79.9. The van der Waals surface area contributed by atoms with Crippen LogP contribution in [-0.4, -0.2) is 37.6 Å². The summed E-state index contributed by atoms with van der Waals surface area (Å²) in [5.41, 5.74) is 1.51. The monoisotopic (exact) mass is 369 g/mol. The summed E-state index contributed by atoms with van der Waals surface area (Å²) in [4.78, 5) is 37.0. The van der Waals surface area contributed by atoms with Gasteiger partial charge >= 0.3 is 17.8 Å². The van der Waals surface area contributed by atoms with E-state index < -0.39 is 23.9 Å². The van der Waals surface area contributed by atoms with E-state index in [4.69, 9.17) is 4.74 Å². The van der Waals surface area contributed by atoms with Gasteiger partial charge in [-0.3, -0.25) is 14.5 Å². The molecule has 0 aromatic heterocycles. The number of amides is 1. The number of anilines is 1. The lowest BCUT2D eigenvalue weighted by Gasteiger charge is -2.23. The second-order valence-electron chi connectivity index (χ2n) is 4.81. The largest absolute Gasteiger partial charge is 0.469 e. The molecule has 0 saturated heterocycles. The number of methoxy groups -OCH3 is 1. The van der Waals surface area contributed by atoms with Gasteiger partial charge in [0.25, 0.3) is 0 Å². The normalized spacial score (nSPS) is 16.1. The highest BCUT2D eigenvalue weighted by Gasteiger charge is 2.38. The van der Waals surface area contributed by atoms with Gasteiger partial charge in [0.2, 0.25) is 0 Å².